The molecule has 0 aliphatic carbocycles. The predicted octanol–water partition coefficient (Wildman–Crippen LogP) is 1.96. The molecule has 0 saturated carbocycles. The summed E-state index contributed by atoms with van der Waals surface area (Å²) in [5.74, 6) is 0.372. The molecular weight excluding hydrogens is 306 g/mol. The molecule has 1 fully saturated rings. The standard InChI is InChI=1S/C18H27N3O3/c1-13(2)14-4-5-16(19-12-14)18(23)20-15-6-9-21(10-7-15)17(22)8-11-24-3/h4-5,12-13,15H,6-11H2,1-3H3,(H,20,23). The van der Waals surface area contributed by atoms with E-state index in [4.69, 9.17) is 4.74 Å². The van der Waals surface area contributed by atoms with E-state index in [1.165, 1.54) is 0 Å². The molecule has 1 N–H and O–H groups in total. The van der Waals surface area contributed by atoms with Gasteiger partial charge in [-0.3, -0.25) is 14.6 Å². The van der Waals surface area contributed by atoms with E-state index in [0.29, 0.717) is 37.7 Å². The Morgan fingerprint density at radius 2 is 2.04 bits per heavy atom. The number of ether oxygens (including phenoxy) is 1. The van der Waals surface area contributed by atoms with Crippen molar-refractivity contribution in [2.45, 2.75) is 45.1 Å². The number of methoxy groups -OCH3 is 1. The van der Waals surface area contributed by atoms with Crippen LogP contribution in [-0.4, -0.2) is 54.5 Å². The van der Waals surface area contributed by atoms with E-state index in [2.05, 4.69) is 24.1 Å². The van der Waals surface area contributed by atoms with Crippen molar-refractivity contribution in [1.82, 2.24) is 15.2 Å². The number of nitrogens with zero attached hydrogens (tertiary/aromatic N) is 2. The van der Waals surface area contributed by atoms with E-state index in [1.54, 1.807) is 19.4 Å². The van der Waals surface area contributed by atoms with Gasteiger partial charge in [-0.15, -0.1) is 0 Å². The number of nitrogens with one attached hydrogen (secondary N) is 1. The lowest BCUT2D eigenvalue weighted by atomic mass is 10.0. The molecule has 2 heterocycles. The zero-order valence-corrected chi connectivity index (χ0v) is 14.7. The Balaban J connectivity index is 1.80. The van der Waals surface area contributed by atoms with E-state index >= 15 is 0 Å². The zero-order valence-electron chi connectivity index (χ0n) is 14.7. The molecular formula is C18H27N3O3. The molecule has 24 heavy (non-hydrogen) atoms. The maximum absolute atomic E-state index is 12.3. The Morgan fingerprint density at radius 1 is 1.33 bits per heavy atom. The Kier molecular flexibility index (Phi) is 6.73. The molecule has 6 heteroatoms. The summed E-state index contributed by atoms with van der Waals surface area (Å²) in [6.07, 6.45) is 3.72. The molecule has 1 saturated heterocycles. The van der Waals surface area contributed by atoms with Crippen molar-refractivity contribution >= 4 is 11.8 Å². The number of hydrogen-bond donors (Lipinski definition) is 1. The summed E-state index contributed by atoms with van der Waals surface area (Å²) in [5.41, 5.74) is 1.56. The number of hydrogen-bond acceptors (Lipinski definition) is 4. The molecule has 1 aromatic rings. The maximum atomic E-state index is 12.3. The van der Waals surface area contributed by atoms with E-state index in [9.17, 15) is 9.59 Å². The van der Waals surface area contributed by atoms with Gasteiger partial charge >= 0.3 is 0 Å². The third kappa shape index (κ3) is 5.03. The molecule has 0 radical (unpaired) electrons. The van der Waals surface area contributed by atoms with Crippen LogP contribution in [0.4, 0.5) is 0 Å². The van der Waals surface area contributed by atoms with Crippen molar-refractivity contribution in [3.05, 3.63) is 29.6 Å². The fraction of sp³-hybridized carbons (Fsp3) is 0.611. The van der Waals surface area contributed by atoms with Gasteiger partial charge in [0, 0.05) is 32.4 Å². The van der Waals surface area contributed by atoms with Crippen LogP contribution in [0.15, 0.2) is 18.3 Å². The normalized spacial score (nSPS) is 15.6. The van der Waals surface area contributed by atoms with Crippen molar-refractivity contribution < 1.29 is 14.3 Å². The highest BCUT2D eigenvalue weighted by Crippen LogP contribution is 2.14. The van der Waals surface area contributed by atoms with Gasteiger partial charge in [0.1, 0.15) is 5.69 Å². The van der Waals surface area contributed by atoms with E-state index < -0.39 is 0 Å². The first-order chi connectivity index (χ1) is 11.5. The Bertz CT molecular complexity index is 549. The van der Waals surface area contributed by atoms with Gasteiger partial charge in [0.05, 0.1) is 13.0 Å². The van der Waals surface area contributed by atoms with Crippen molar-refractivity contribution in [2.24, 2.45) is 0 Å². The average molecular weight is 333 g/mol. The maximum Gasteiger partial charge on any atom is 0.270 e. The number of carbonyl (C=O) groups is 2. The van der Waals surface area contributed by atoms with E-state index in [0.717, 1.165) is 18.4 Å². The lowest BCUT2D eigenvalue weighted by Crippen LogP contribution is -2.46. The highest BCUT2D eigenvalue weighted by Gasteiger charge is 2.24. The highest BCUT2D eigenvalue weighted by atomic mass is 16.5. The topological polar surface area (TPSA) is 71.5 Å². The van der Waals surface area contributed by atoms with E-state index in [1.807, 2.05) is 11.0 Å². The number of carbonyl (C=O) groups excluding carboxylic acids is 2. The highest BCUT2D eigenvalue weighted by molar-refractivity contribution is 5.92. The summed E-state index contributed by atoms with van der Waals surface area (Å²) in [6, 6.07) is 3.81. The molecule has 1 aliphatic heterocycles. The summed E-state index contributed by atoms with van der Waals surface area (Å²) in [7, 11) is 1.59. The van der Waals surface area contributed by atoms with Gasteiger partial charge in [0.25, 0.3) is 5.91 Å². The van der Waals surface area contributed by atoms with Crippen LogP contribution in [0.25, 0.3) is 0 Å². The molecule has 0 unspecified atom stereocenters. The molecule has 0 spiro atoms. The van der Waals surface area contributed by atoms with Crippen LogP contribution in [0.5, 0.6) is 0 Å². The minimum absolute atomic E-state index is 0.0931. The van der Waals surface area contributed by atoms with Crippen molar-refractivity contribution in [1.29, 1.82) is 0 Å². The van der Waals surface area contributed by atoms with Crippen molar-refractivity contribution in [3.63, 3.8) is 0 Å². The molecule has 1 aromatic heterocycles. The molecule has 6 nitrogen and oxygen atoms in total. The Hall–Kier alpha value is -1.95. The summed E-state index contributed by atoms with van der Waals surface area (Å²) >= 11 is 0. The first-order valence-electron chi connectivity index (χ1n) is 8.54. The average Bonchev–Trinajstić information content (AvgIpc) is 2.60. The van der Waals surface area contributed by atoms with E-state index in [-0.39, 0.29) is 17.9 Å². The smallest absolute Gasteiger partial charge is 0.270 e. The second-order valence-electron chi connectivity index (χ2n) is 6.50. The van der Waals surface area contributed by atoms with Crippen LogP contribution < -0.4 is 5.32 Å². The van der Waals surface area contributed by atoms with Gasteiger partial charge in [-0.25, -0.2) is 0 Å². The molecule has 132 valence electrons. The van der Waals surface area contributed by atoms with Gasteiger partial charge in [-0.05, 0) is 30.4 Å². The van der Waals surface area contributed by atoms with Crippen LogP contribution in [0.2, 0.25) is 0 Å². The Morgan fingerprint density at radius 3 is 2.58 bits per heavy atom. The number of aromatic nitrogens is 1. The first kappa shape index (κ1) is 18.4. The molecule has 0 atom stereocenters. The van der Waals surface area contributed by atoms with Gasteiger partial charge in [0.15, 0.2) is 0 Å². The fourth-order valence-corrected chi connectivity index (χ4v) is 2.76. The van der Waals surface area contributed by atoms with Crippen molar-refractivity contribution in [2.75, 3.05) is 26.8 Å². The van der Waals surface area contributed by atoms with Gasteiger partial charge < -0.3 is 15.0 Å². The minimum atomic E-state index is -0.144. The van der Waals surface area contributed by atoms with Crippen LogP contribution in [0.1, 0.15) is 55.1 Å². The fourth-order valence-electron chi connectivity index (χ4n) is 2.76. The number of pyridine rings is 1. The quantitative estimate of drug-likeness (QED) is 0.864. The lowest BCUT2D eigenvalue weighted by Gasteiger charge is -2.32. The zero-order chi connectivity index (χ0) is 17.5. The van der Waals surface area contributed by atoms with Gasteiger partial charge in [0.2, 0.25) is 5.91 Å². The molecule has 0 aromatic carbocycles. The number of likely N-dealkylation sites (tertiary alicyclic amines) is 1. The summed E-state index contributed by atoms with van der Waals surface area (Å²) < 4.78 is 4.94. The summed E-state index contributed by atoms with van der Waals surface area (Å²) in [4.78, 5) is 30.3. The van der Waals surface area contributed by atoms with Gasteiger partial charge in [-0.2, -0.15) is 0 Å². The number of piperidine rings is 1. The van der Waals surface area contributed by atoms with Crippen molar-refractivity contribution in [3.8, 4) is 0 Å². The minimum Gasteiger partial charge on any atom is -0.384 e. The van der Waals surface area contributed by atoms with Crippen LogP contribution >= 0.6 is 0 Å². The largest absolute Gasteiger partial charge is 0.384 e. The third-order valence-corrected chi connectivity index (χ3v) is 4.39. The first-order valence-corrected chi connectivity index (χ1v) is 8.54. The third-order valence-electron chi connectivity index (χ3n) is 4.39. The SMILES string of the molecule is COCCC(=O)N1CCC(NC(=O)c2ccc(C(C)C)cn2)CC1. The summed E-state index contributed by atoms with van der Waals surface area (Å²) in [6.45, 7) is 5.99. The molecule has 0 bridgehead atoms. The van der Waals surface area contributed by atoms with Crippen LogP contribution in [0.3, 0.4) is 0 Å². The second-order valence-corrected chi connectivity index (χ2v) is 6.50. The summed E-state index contributed by atoms with van der Waals surface area (Å²) in [5, 5.41) is 3.02. The van der Waals surface area contributed by atoms with Crippen LogP contribution in [-0.2, 0) is 9.53 Å². The number of amides is 2. The second kappa shape index (κ2) is 8.78. The lowest BCUT2D eigenvalue weighted by molar-refractivity contribution is -0.133. The molecule has 1 aliphatic rings. The Labute approximate surface area is 143 Å². The monoisotopic (exact) mass is 333 g/mol. The predicted molar refractivity (Wildman–Crippen MR) is 91.9 cm³/mol. The number of rotatable bonds is 6. The van der Waals surface area contributed by atoms with Gasteiger partial charge in [-0.1, -0.05) is 19.9 Å². The molecule has 2 rings (SSSR count). The molecule has 2 amide bonds. The van der Waals surface area contributed by atoms with Crippen LogP contribution in [0, 0.1) is 0 Å².